The summed E-state index contributed by atoms with van der Waals surface area (Å²) in [6, 6.07) is 0. The Balaban J connectivity index is 2.77. The van der Waals surface area contributed by atoms with Crippen LogP contribution in [0.25, 0.3) is 0 Å². The number of rotatable bonds is 1. The fourth-order valence-electron chi connectivity index (χ4n) is 0.980. The van der Waals surface area contributed by atoms with Gasteiger partial charge in [0.05, 0.1) is 0 Å². The zero-order chi connectivity index (χ0) is 8.97. The maximum Gasteiger partial charge on any atom is 0.331 e. The summed E-state index contributed by atoms with van der Waals surface area (Å²) in [5.74, 6) is 2.00. The molecule has 0 heterocycles. The summed E-state index contributed by atoms with van der Waals surface area (Å²) in [5.41, 5.74) is 1.42. The highest BCUT2D eigenvalue weighted by atomic mass is 79.9. The molecule has 0 radical (unpaired) electrons. The Morgan fingerprint density at radius 3 is 2.67 bits per heavy atom. The summed E-state index contributed by atoms with van der Waals surface area (Å²) in [7, 11) is 0. The van der Waals surface area contributed by atoms with Gasteiger partial charge in [0.15, 0.2) is 0 Å². The van der Waals surface area contributed by atoms with Gasteiger partial charge in [0.2, 0.25) is 0 Å². The number of halogens is 1. The van der Waals surface area contributed by atoms with Gasteiger partial charge in [-0.3, -0.25) is 0 Å². The van der Waals surface area contributed by atoms with Crippen LogP contribution in [0.4, 0.5) is 0 Å². The number of hydrogen-bond donors (Lipinski definition) is 1. The summed E-state index contributed by atoms with van der Waals surface area (Å²) in [4.78, 5) is 13.1. The fraction of sp³-hybridized carbons (Fsp3) is 0.222. The van der Waals surface area contributed by atoms with Crippen molar-refractivity contribution >= 4 is 21.9 Å². The van der Waals surface area contributed by atoms with E-state index in [-0.39, 0.29) is 0 Å². The lowest BCUT2D eigenvalue weighted by Crippen LogP contribution is -2.03. The molecule has 1 aliphatic carbocycles. The van der Waals surface area contributed by atoms with Crippen LogP contribution in [-0.4, -0.2) is 11.1 Å². The molecule has 0 fully saturated rings. The minimum Gasteiger partial charge on any atom is -0.478 e. The van der Waals surface area contributed by atoms with Crippen LogP contribution in [0.1, 0.15) is 12.8 Å². The molecule has 0 aliphatic heterocycles. The first-order chi connectivity index (χ1) is 5.74. The van der Waals surface area contributed by atoms with Crippen molar-refractivity contribution in [2.75, 3.05) is 0 Å². The molecule has 0 unspecified atom stereocenters. The Kier molecular flexibility index (Phi) is 3.12. The first kappa shape index (κ1) is 9.08. The van der Waals surface area contributed by atoms with E-state index < -0.39 is 5.97 Å². The number of carboxylic acid groups (broad SMARTS) is 1. The second-order valence-corrected chi connectivity index (χ2v) is 2.80. The van der Waals surface area contributed by atoms with Crippen LogP contribution >= 0.6 is 15.9 Å². The van der Waals surface area contributed by atoms with E-state index in [1.807, 2.05) is 0 Å². The Morgan fingerprint density at radius 2 is 2.25 bits per heavy atom. The van der Waals surface area contributed by atoms with Gasteiger partial charge in [0.25, 0.3) is 0 Å². The lowest BCUT2D eigenvalue weighted by molar-refractivity contribution is -0.132. The first-order valence-electron chi connectivity index (χ1n) is 3.48. The van der Waals surface area contributed by atoms with Crippen molar-refractivity contribution in [1.29, 1.82) is 0 Å². The molecular weight excluding hydrogens is 220 g/mol. The van der Waals surface area contributed by atoms with Gasteiger partial charge in [0, 0.05) is 27.1 Å². The minimum atomic E-state index is -0.836. The van der Waals surface area contributed by atoms with Crippen molar-refractivity contribution in [1.82, 2.24) is 0 Å². The van der Waals surface area contributed by atoms with Gasteiger partial charge in [-0.15, -0.1) is 0 Å². The number of hydrogen-bond acceptors (Lipinski definition) is 1. The van der Waals surface area contributed by atoms with Crippen molar-refractivity contribution in [3.63, 3.8) is 0 Å². The highest BCUT2D eigenvalue weighted by molar-refractivity contribution is 9.12. The van der Waals surface area contributed by atoms with Crippen LogP contribution < -0.4 is 0 Å². The maximum atomic E-state index is 10.5. The largest absolute Gasteiger partial charge is 0.478 e. The molecule has 0 saturated heterocycles. The predicted octanol–water partition coefficient (Wildman–Crippen LogP) is 2.07. The maximum absolute atomic E-state index is 10.5. The van der Waals surface area contributed by atoms with Gasteiger partial charge in [-0.2, -0.15) is 0 Å². The molecule has 3 heteroatoms. The third kappa shape index (κ3) is 2.24. The average molecular weight is 227 g/mol. The van der Waals surface area contributed by atoms with Crippen LogP contribution in [0.5, 0.6) is 0 Å². The van der Waals surface area contributed by atoms with E-state index in [0.29, 0.717) is 12.0 Å². The second-order valence-electron chi connectivity index (χ2n) is 2.41. The molecule has 0 saturated carbocycles. The van der Waals surface area contributed by atoms with Gasteiger partial charge < -0.3 is 5.11 Å². The molecule has 0 spiro atoms. The van der Waals surface area contributed by atoms with Gasteiger partial charge in [0.1, 0.15) is 0 Å². The summed E-state index contributed by atoms with van der Waals surface area (Å²) in [6.07, 6.45) is 4.65. The van der Waals surface area contributed by atoms with Crippen molar-refractivity contribution in [2.24, 2.45) is 0 Å². The highest BCUT2D eigenvalue weighted by Crippen LogP contribution is 2.17. The van der Waals surface area contributed by atoms with Crippen LogP contribution in [0.3, 0.4) is 0 Å². The zero-order valence-corrected chi connectivity index (χ0v) is 7.89. The van der Waals surface area contributed by atoms with E-state index in [2.05, 4.69) is 26.7 Å². The van der Waals surface area contributed by atoms with E-state index >= 15 is 0 Å². The van der Waals surface area contributed by atoms with Crippen LogP contribution in [0, 0.1) is 10.8 Å². The van der Waals surface area contributed by atoms with Crippen LogP contribution in [-0.2, 0) is 4.79 Å². The van der Waals surface area contributed by atoms with Crippen LogP contribution in [0.15, 0.2) is 23.3 Å². The summed E-state index contributed by atoms with van der Waals surface area (Å²) in [6.45, 7) is 0. The third-order valence-corrected chi connectivity index (χ3v) is 1.83. The second kappa shape index (κ2) is 4.13. The highest BCUT2D eigenvalue weighted by Gasteiger charge is 2.10. The SMILES string of the molecule is O=C(O)C1=CC=C(C#CBr)CC1. The number of aliphatic carboxylic acids is 1. The smallest absolute Gasteiger partial charge is 0.331 e. The molecule has 0 aromatic rings. The summed E-state index contributed by atoms with van der Waals surface area (Å²) in [5, 5.41) is 8.61. The third-order valence-electron chi connectivity index (χ3n) is 1.63. The molecule has 1 rings (SSSR count). The van der Waals surface area contributed by atoms with Crippen molar-refractivity contribution in [3.8, 4) is 10.8 Å². The molecule has 0 aromatic carbocycles. The summed E-state index contributed by atoms with van der Waals surface area (Å²) < 4.78 is 0. The van der Waals surface area contributed by atoms with E-state index in [4.69, 9.17) is 5.11 Å². The molecular formula is C9H7BrO2. The normalized spacial score (nSPS) is 15.4. The molecule has 0 aromatic heterocycles. The molecule has 62 valence electrons. The molecule has 0 atom stereocenters. The molecule has 2 nitrogen and oxygen atoms in total. The van der Waals surface area contributed by atoms with Crippen molar-refractivity contribution < 1.29 is 9.90 Å². The van der Waals surface area contributed by atoms with E-state index in [1.54, 1.807) is 12.2 Å². The quantitative estimate of drug-likeness (QED) is 0.696. The molecule has 0 bridgehead atoms. The molecule has 1 N–H and O–H groups in total. The lowest BCUT2D eigenvalue weighted by Gasteiger charge is -2.06. The van der Waals surface area contributed by atoms with Gasteiger partial charge >= 0.3 is 5.97 Å². The van der Waals surface area contributed by atoms with Gasteiger partial charge in [-0.1, -0.05) is 18.1 Å². The van der Waals surface area contributed by atoms with Gasteiger partial charge in [-0.05, 0) is 17.7 Å². The summed E-state index contributed by atoms with van der Waals surface area (Å²) >= 11 is 2.99. The monoisotopic (exact) mass is 226 g/mol. The van der Waals surface area contributed by atoms with Crippen molar-refractivity contribution in [3.05, 3.63) is 23.3 Å². The van der Waals surface area contributed by atoms with E-state index in [0.717, 1.165) is 12.0 Å². The Bertz CT molecular complexity index is 315. The Labute approximate surface area is 79.1 Å². The van der Waals surface area contributed by atoms with E-state index in [1.165, 1.54) is 0 Å². The number of carbonyl (C=O) groups is 1. The topological polar surface area (TPSA) is 37.3 Å². The lowest BCUT2D eigenvalue weighted by atomic mass is 9.99. The number of allylic oxidation sites excluding steroid dienone is 3. The standard InChI is InChI=1S/C9H7BrO2/c10-6-5-7-1-3-8(4-2-7)9(11)12/h1,3H,2,4H2,(H,11,12). The molecule has 0 amide bonds. The Morgan fingerprint density at radius 1 is 1.50 bits per heavy atom. The van der Waals surface area contributed by atoms with Crippen LogP contribution in [0.2, 0.25) is 0 Å². The Hall–Kier alpha value is -1.01. The van der Waals surface area contributed by atoms with Crippen molar-refractivity contribution in [2.45, 2.75) is 12.8 Å². The molecule has 1 aliphatic rings. The minimum absolute atomic E-state index is 0.454. The predicted molar refractivity (Wildman–Crippen MR) is 49.7 cm³/mol. The fourth-order valence-corrected chi connectivity index (χ4v) is 1.23. The average Bonchev–Trinajstić information content (AvgIpc) is 2.06. The molecule has 12 heavy (non-hydrogen) atoms. The zero-order valence-electron chi connectivity index (χ0n) is 6.30. The first-order valence-corrected chi connectivity index (χ1v) is 4.28. The van der Waals surface area contributed by atoms with Gasteiger partial charge in [-0.25, -0.2) is 4.79 Å². The van der Waals surface area contributed by atoms with E-state index in [9.17, 15) is 4.79 Å². The number of carboxylic acids is 1.